The van der Waals surface area contributed by atoms with Gasteiger partial charge in [0.2, 0.25) is 5.91 Å². The molecule has 2 aromatic rings. The number of benzene rings is 2. The molecule has 0 spiro atoms. The highest BCUT2D eigenvalue weighted by Gasteiger charge is 2.32. The number of aliphatic hydroxyl groups excluding tert-OH is 1. The fourth-order valence-electron chi connectivity index (χ4n) is 3.17. The van der Waals surface area contributed by atoms with Gasteiger partial charge in [-0.3, -0.25) is 9.69 Å². The first-order chi connectivity index (χ1) is 14.0. The quantitative estimate of drug-likeness (QED) is 0.629. The minimum Gasteiger partial charge on any atom is -0.493 e. The molecular weight excluding hydrogens is 415 g/mol. The summed E-state index contributed by atoms with van der Waals surface area (Å²) < 4.78 is 11.4. The van der Waals surface area contributed by atoms with Crippen molar-refractivity contribution >= 4 is 29.1 Å². The van der Waals surface area contributed by atoms with E-state index in [2.05, 4.69) is 10.2 Å². The molecule has 3 rings (SSSR count). The molecule has 1 amide bonds. The average molecular weight is 439 g/mol. The Morgan fingerprint density at radius 2 is 2.00 bits per heavy atom. The van der Waals surface area contributed by atoms with Gasteiger partial charge in [-0.1, -0.05) is 35.3 Å². The molecule has 0 atom stereocenters. The Morgan fingerprint density at radius 3 is 2.69 bits per heavy atom. The highest BCUT2D eigenvalue weighted by atomic mass is 35.5. The van der Waals surface area contributed by atoms with Gasteiger partial charge in [0, 0.05) is 41.8 Å². The van der Waals surface area contributed by atoms with Crippen LogP contribution in [-0.2, 0) is 17.9 Å². The van der Waals surface area contributed by atoms with Crippen molar-refractivity contribution in [3.8, 4) is 11.5 Å². The third kappa shape index (κ3) is 5.76. The molecule has 0 aromatic heterocycles. The minimum atomic E-state index is -0.0411. The number of nitrogens with zero attached hydrogens (tertiary/aromatic N) is 1. The second-order valence-corrected chi connectivity index (χ2v) is 7.76. The van der Waals surface area contributed by atoms with Crippen LogP contribution in [0.25, 0.3) is 0 Å². The number of nitrogens with one attached hydrogen (secondary N) is 1. The van der Waals surface area contributed by atoms with Crippen molar-refractivity contribution in [3.05, 3.63) is 57.6 Å². The molecular formula is C21H24Cl2N2O4. The smallest absolute Gasteiger partial charge is 0.225 e. The molecule has 0 unspecified atom stereocenters. The number of hydrogen-bond acceptors (Lipinski definition) is 5. The lowest BCUT2D eigenvalue weighted by Crippen LogP contribution is -2.53. The second kappa shape index (κ2) is 10.2. The Hall–Kier alpha value is -1.99. The lowest BCUT2D eigenvalue weighted by Gasteiger charge is -2.38. The number of carbonyl (C=O) groups excluding carboxylic acids is 1. The fraction of sp³-hybridized carbons (Fsp3) is 0.381. The van der Waals surface area contributed by atoms with E-state index in [0.717, 1.165) is 17.7 Å². The van der Waals surface area contributed by atoms with Crippen LogP contribution in [0.3, 0.4) is 0 Å². The number of rotatable bonds is 9. The number of likely N-dealkylation sites (tertiary alicyclic amines) is 1. The summed E-state index contributed by atoms with van der Waals surface area (Å²) >= 11 is 12.1. The van der Waals surface area contributed by atoms with Crippen LogP contribution in [0.5, 0.6) is 11.5 Å². The van der Waals surface area contributed by atoms with Crippen LogP contribution in [0.15, 0.2) is 36.4 Å². The molecule has 1 saturated heterocycles. The molecule has 156 valence electrons. The van der Waals surface area contributed by atoms with E-state index < -0.39 is 0 Å². The van der Waals surface area contributed by atoms with Crippen LogP contribution in [0.4, 0.5) is 0 Å². The molecule has 2 N–H and O–H groups in total. The minimum absolute atomic E-state index is 0.00233. The van der Waals surface area contributed by atoms with Gasteiger partial charge in [-0.15, -0.1) is 0 Å². The molecule has 0 radical (unpaired) electrons. The number of amides is 1. The van der Waals surface area contributed by atoms with Gasteiger partial charge in [0.1, 0.15) is 6.61 Å². The monoisotopic (exact) mass is 438 g/mol. The van der Waals surface area contributed by atoms with Gasteiger partial charge in [0.05, 0.1) is 19.6 Å². The molecule has 0 aliphatic carbocycles. The molecule has 8 heteroatoms. The van der Waals surface area contributed by atoms with Crippen molar-refractivity contribution in [2.75, 3.05) is 33.4 Å². The Kier molecular flexibility index (Phi) is 7.61. The molecule has 29 heavy (non-hydrogen) atoms. The van der Waals surface area contributed by atoms with Crippen LogP contribution in [0, 0.1) is 5.92 Å². The van der Waals surface area contributed by atoms with Crippen molar-refractivity contribution in [1.82, 2.24) is 10.2 Å². The summed E-state index contributed by atoms with van der Waals surface area (Å²) in [6.45, 7) is 2.70. The molecule has 1 aliphatic rings. The predicted octanol–water partition coefficient (Wildman–Crippen LogP) is 3.12. The van der Waals surface area contributed by atoms with Crippen LogP contribution in [0.2, 0.25) is 10.0 Å². The molecule has 1 fully saturated rings. The number of methoxy groups -OCH3 is 1. The van der Waals surface area contributed by atoms with Crippen LogP contribution in [-0.4, -0.2) is 49.3 Å². The second-order valence-electron chi connectivity index (χ2n) is 6.92. The maximum absolute atomic E-state index is 11.9. The lowest BCUT2D eigenvalue weighted by molar-refractivity contribution is -0.130. The van der Waals surface area contributed by atoms with Gasteiger partial charge in [0.25, 0.3) is 0 Å². The van der Waals surface area contributed by atoms with Gasteiger partial charge >= 0.3 is 0 Å². The van der Waals surface area contributed by atoms with E-state index in [1.807, 2.05) is 24.3 Å². The summed E-state index contributed by atoms with van der Waals surface area (Å²) in [4.78, 5) is 14.0. The standard InChI is InChI=1S/C21H24Cl2N2O4/c1-28-20-8-14(10-25-11-16(12-25)21(27)24-6-7-26)2-5-19(20)29-13-15-3-4-17(22)9-18(15)23/h2-5,8-9,16,26H,6-7,10-13H2,1H3,(H,24,27). The maximum atomic E-state index is 11.9. The third-order valence-electron chi connectivity index (χ3n) is 4.77. The lowest BCUT2D eigenvalue weighted by atomic mass is 9.98. The average Bonchev–Trinajstić information content (AvgIpc) is 2.68. The molecule has 0 saturated carbocycles. The largest absolute Gasteiger partial charge is 0.493 e. The third-order valence-corrected chi connectivity index (χ3v) is 5.36. The number of carbonyl (C=O) groups is 1. The number of hydrogen-bond donors (Lipinski definition) is 2. The Morgan fingerprint density at radius 1 is 1.21 bits per heavy atom. The van der Waals surface area contributed by atoms with Gasteiger partial charge in [0.15, 0.2) is 11.5 Å². The first-order valence-electron chi connectivity index (χ1n) is 9.34. The number of ether oxygens (including phenoxy) is 2. The van der Waals surface area contributed by atoms with E-state index in [0.29, 0.717) is 47.8 Å². The molecule has 2 aromatic carbocycles. The van der Waals surface area contributed by atoms with E-state index in [9.17, 15) is 4.79 Å². The molecule has 0 bridgehead atoms. The van der Waals surface area contributed by atoms with Gasteiger partial charge in [-0.05, 0) is 29.8 Å². The van der Waals surface area contributed by atoms with E-state index in [1.165, 1.54) is 0 Å². The normalized spacial score (nSPS) is 14.3. The van der Waals surface area contributed by atoms with Crippen LogP contribution < -0.4 is 14.8 Å². The summed E-state index contributed by atoms with van der Waals surface area (Å²) in [5.74, 6) is 1.25. The van der Waals surface area contributed by atoms with E-state index in [4.69, 9.17) is 37.8 Å². The van der Waals surface area contributed by atoms with Gasteiger partial charge in [-0.2, -0.15) is 0 Å². The van der Waals surface area contributed by atoms with Gasteiger partial charge in [-0.25, -0.2) is 0 Å². The van der Waals surface area contributed by atoms with Crippen LogP contribution in [0.1, 0.15) is 11.1 Å². The summed E-state index contributed by atoms with van der Waals surface area (Å²) in [6.07, 6.45) is 0. The highest BCUT2D eigenvalue weighted by molar-refractivity contribution is 6.35. The Balaban J connectivity index is 1.54. The predicted molar refractivity (Wildman–Crippen MR) is 113 cm³/mol. The Bertz CT molecular complexity index is 857. The summed E-state index contributed by atoms with van der Waals surface area (Å²) in [7, 11) is 1.60. The summed E-state index contributed by atoms with van der Waals surface area (Å²) in [5, 5.41) is 12.6. The van der Waals surface area contributed by atoms with Crippen molar-refractivity contribution in [1.29, 1.82) is 0 Å². The maximum Gasteiger partial charge on any atom is 0.225 e. The number of aliphatic hydroxyl groups is 1. The first-order valence-corrected chi connectivity index (χ1v) is 10.1. The first kappa shape index (κ1) is 21.7. The fourth-order valence-corrected chi connectivity index (χ4v) is 3.63. The van der Waals surface area contributed by atoms with Crippen LogP contribution >= 0.6 is 23.2 Å². The highest BCUT2D eigenvalue weighted by Crippen LogP contribution is 2.31. The number of halogens is 2. The zero-order valence-corrected chi connectivity index (χ0v) is 17.7. The summed E-state index contributed by atoms with van der Waals surface area (Å²) in [5.41, 5.74) is 1.92. The zero-order chi connectivity index (χ0) is 20.8. The van der Waals surface area contributed by atoms with Gasteiger partial charge < -0.3 is 19.9 Å². The van der Waals surface area contributed by atoms with Crippen molar-refractivity contribution in [2.24, 2.45) is 5.92 Å². The van der Waals surface area contributed by atoms with E-state index in [1.54, 1.807) is 19.2 Å². The van der Waals surface area contributed by atoms with Crippen molar-refractivity contribution < 1.29 is 19.4 Å². The SMILES string of the molecule is COc1cc(CN2CC(C(=O)NCCO)C2)ccc1OCc1ccc(Cl)cc1Cl. The van der Waals surface area contributed by atoms with Crippen molar-refractivity contribution in [2.45, 2.75) is 13.2 Å². The van der Waals surface area contributed by atoms with Crippen molar-refractivity contribution in [3.63, 3.8) is 0 Å². The molecule has 1 aliphatic heterocycles. The topological polar surface area (TPSA) is 71.0 Å². The van der Waals surface area contributed by atoms with E-state index >= 15 is 0 Å². The summed E-state index contributed by atoms with van der Waals surface area (Å²) in [6, 6.07) is 11.1. The molecule has 1 heterocycles. The Labute approximate surface area is 180 Å². The molecule has 6 nitrogen and oxygen atoms in total. The zero-order valence-electron chi connectivity index (χ0n) is 16.2. The van der Waals surface area contributed by atoms with E-state index in [-0.39, 0.29) is 18.4 Å².